The normalized spacial score (nSPS) is 10.8. The molecule has 3 rings (SSSR count). The van der Waals surface area contributed by atoms with Gasteiger partial charge in [0, 0.05) is 22.0 Å². The Balaban J connectivity index is 2.37. The molecule has 0 aliphatic carbocycles. The maximum absolute atomic E-state index is 6.25. The topological polar surface area (TPSA) is 48.1 Å². The van der Waals surface area contributed by atoms with E-state index in [4.69, 9.17) is 33.7 Å². The van der Waals surface area contributed by atoms with E-state index in [-0.39, 0.29) is 0 Å². The van der Waals surface area contributed by atoms with E-state index in [0.717, 1.165) is 10.8 Å². The summed E-state index contributed by atoms with van der Waals surface area (Å²) in [6.45, 7) is 0. The van der Waals surface area contributed by atoms with Gasteiger partial charge in [-0.2, -0.15) is 0 Å². The summed E-state index contributed by atoms with van der Waals surface area (Å²) in [5, 5.41) is 2.77. The molecule has 0 aliphatic heterocycles. The zero-order valence-electron chi connectivity index (χ0n) is 11.2. The van der Waals surface area contributed by atoms with Crippen molar-refractivity contribution in [3.8, 4) is 17.1 Å². The molecule has 21 heavy (non-hydrogen) atoms. The smallest absolute Gasteiger partial charge is 0.221 e. The van der Waals surface area contributed by atoms with E-state index in [1.807, 2.05) is 24.3 Å². The van der Waals surface area contributed by atoms with Gasteiger partial charge in [-0.15, -0.1) is 0 Å². The van der Waals surface area contributed by atoms with Gasteiger partial charge in [0.2, 0.25) is 5.88 Å². The molecule has 106 valence electrons. The summed E-state index contributed by atoms with van der Waals surface area (Å²) < 4.78 is 5.37. The Morgan fingerprint density at radius 2 is 1.67 bits per heavy atom. The van der Waals surface area contributed by atoms with Crippen LogP contribution in [0.1, 0.15) is 0 Å². The number of methoxy groups -OCH3 is 1. The van der Waals surface area contributed by atoms with Gasteiger partial charge in [-0.25, -0.2) is 4.98 Å². The lowest BCUT2D eigenvalue weighted by molar-refractivity contribution is 0.404. The molecule has 0 spiro atoms. The Morgan fingerprint density at radius 1 is 1.00 bits per heavy atom. The van der Waals surface area contributed by atoms with Gasteiger partial charge in [-0.1, -0.05) is 35.3 Å². The molecular formula is C16H12Cl2N2O. The quantitative estimate of drug-likeness (QED) is 0.690. The molecule has 0 amide bonds. The lowest BCUT2D eigenvalue weighted by atomic mass is 10.1. The number of nitrogen functional groups attached to an aromatic ring is 1. The highest BCUT2D eigenvalue weighted by molar-refractivity contribution is 6.39. The molecule has 0 radical (unpaired) electrons. The molecule has 0 fully saturated rings. The number of hydrogen-bond acceptors (Lipinski definition) is 3. The van der Waals surface area contributed by atoms with Crippen molar-refractivity contribution in [3.05, 3.63) is 52.5 Å². The number of nitrogens with zero attached hydrogens (tertiary/aromatic N) is 1. The summed E-state index contributed by atoms with van der Waals surface area (Å²) in [5.74, 6) is 0.491. The van der Waals surface area contributed by atoms with Crippen LogP contribution in [0.15, 0.2) is 42.5 Å². The molecule has 0 atom stereocenters. The van der Waals surface area contributed by atoms with Crippen LogP contribution < -0.4 is 10.5 Å². The average Bonchev–Trinajstić information content (AvgIpc) is 2.47. The van der Waals surface area contributed by atoms with Crippen LogP contribution in [0.5, 0.6) is 5.88 Å². The van der Waals surface area contributed by atoms with Gasteiger partial charge in [0.1, 0.15) is 0 Å². The third-order valence-electron chi connectivity index (χ3n) is 3.29. The van der Waals surface area contributed by atoms with Crippen molar-refractivity contribution in [2.24, 2.45) is 0 Å². The highest BCUT2D eigenvalue weighted by atomic mass is 35.5. The maximum atomic E-state index is 6.25. The van der Waals surface area contributed by atoms with Crippen LogP contribution in [0.4, 0.5) is 5.69 Å². The Kier molecular flexibility index (Phi) is 3.62. The maximum Gasteiger partial charge on any atom is 0.221 e. The molecule has 1 aromatic heterocycles. The zero-order valence-corrected chi connectivity index (χ0v) is 12.7. The van der Waals surface area contributed by atoms with Crippen molar-refractivity contribution >= 4 is 39.7 Å². The monoisotopic (exact) mass is 318 g/mol. The summed E-state index contributed by atoms with van der Waals surface area (Å²) in [7, 11) is 1.57. The van der Waals surface area contributed by atoms with Gasteiger partial charge < -0.3 is 10.5 Å². The molecule has 3 nitrogen and oxygen atoms in total. The van der Waals surface area contributed by atoms with Gasteiger partial charge in [0.05, 0.1) is 22.8 Å². The summed E-state index contributed by atoms with van der Waals surface area (Å²) in [6.07, 6.45) is 0. The fourth-order valence-electron chi connectivity index (χ4n) is 2.30. The number of fused-ring (bicyclic) bond motifs is 1. The second kappa shape index (κ2) is 5.43. The predicted octanol–water partition coefficient (Wildman–Crippen LogP) is 4.80. The number of ether oxygens (including phenoxy) is 1. The number of pyridine rings is 1. The molecule has 0 bridgehead atoms. The summed E-state index contributed by atoms with van der Waals surface area (Å²) >= 11 is 12.5. The number of hydrogen-bond donors (Lipinski definition) is 1. The molecule has 2 aromatic carbocycles. The summed E-state index contributed by atoms with van der Waals surface area (Å²) in [5.41, 5.74) is 8.01. The first-order valence-electron chi connectivity index (χ1n) is 6.29. The van der Waals surface area contributed by atoms with Crippen LogP contribution in [-0.4, -0.2) is 12.1 Å². The van der Waals surface area contributed by atoms with E-state index in [1.165, 1.54) is 0 Å². The first-order chi connectivity index (χ1) is 10.1. The van der Waals surface area contributed by atoms with Crippen molar-refractivity contribution in [3.63, 3.8) is 0 Å². The Labute approximate surface area is 132 Å². The Hall–Kier alpha value is -1.97. The lowest BCUT2D eigenvalue weighted by Gasteiger charge is -2.12. The van der Waals surface area contributed by atoms with Crippen molar-refractivity contribution in [2.45, 2.75) is 0 Å². The van der Waals surface area contributed by atoms with Crippen molar-refractivity contribution in [2.75, 3.05) is 12.8 Å². The molecule has 5 heteroatoms. The van der Waals surface area contributed by atoms with Crippen LogP contribution >= 0.6 is 23.2 Å². The van der Waals surface area contributed by atoms with E-state index in [0.29, 0.717) is 32.9 Å². The van der Waals surface area contributed by atoms with Gasteiger partial charge in [-0.3, -0.25) is 0 Å². The third kappa shape index (κ3) is 2.39. The van der Waals surface area contributed by atoms with Crippen LogP contribution in [0.2, 0.25) is 10.0 Å². The number of aromatic nitrogens is 1. The number of nitrogens with two attached hydrogens (primary N) is 1. The fraction of sp³-hybridized carbons (Fsp3) is 0.0625. The Bertz CT molecular complexity index is 814. The number of anilines is 1. The van der Waals surface area contributed by atoms with Gasteiger partial charge in [0.25, 0.3) is 0 Å². The molecule has 0 saturated carbocycles. The number of benzene rings is 2. The summed E-state index contributed by atoms with van der Waals surface area (Å²) in [4.78, 5) is 4.51. The van der Waals surface area contributed by atoms with Crippen molar-refractivity contribution in [1.82, 2.24) is 4.98 Å². The zero-order chi connectivity index (χ0) is 15.0. The lowest BCUT2D eigenvalue weighted by Crippen LogP contribution is -1.95. The molecule has 0 saturated heterocycles. The standard InChI is InChI=1S/C16H12Cl2N2O/c1-21-16-9-4-2-7-13(19)10(9)8-14(20-16)15-11(17)5-3-6-12(15)18/h2-8H,19H2,1H3. The van der Waals surface area contributed by atoms with Gasteiger partial charge in [-0.05, 0) is 30.3 Å². The molecule has 0 aliphatic rings. The molecule has 0 unspecified atom stereocenters. The third-order valence-corrected chi connectivity index (χ3v) is 3.92. The number of rotatable bonds is 2. The van der Waals surface area contributed by atoms with Crippen molar-refractivity contribution < 1.29 is 4.74 Å². The predicted molar refractivity (Wildman–Crippen MR) is 88.2 cm³/mol. The first kappa shape index (κ1) is 14.0. The second-order valence-electron chi connectivity index (χ2n) is 4.56. The largest absolute Gasteiger partial charge is 0.481 e. The summed E-state index contributed by atoms with van der Waals surface area (Å²) in [6, 6.07) is 12.8. The van der Waals surface area contributed by atoms with E-state index in [9.17, 15) is 0 Å². The van der Waals surface area contributed by atoms with E-state index in [1.54, 1.807) is 25.3 Å². The fourth-order valence-corrected chi connectivity index (χ4v) is 2.89. The van der Waals surface area contributed by atoms with Crippen LogP contribution in [0.3, 0.4) is 0 Å². The highest BCUT2D eigenvalue weighted by Crippen LogP contribution is 2.38. The second-order valence-corrected chi connectivity index (χ2v) is 5.37. The number of halogens is 2. The van der Waals surface area contributed by atoms with E-state index >= 15 is 0 Å². The van der Waals surface area contributed by atoms with Crippen LogP contribution in [0, 0.1) is 0 Å². The van der Waals surface area contributed by atoms with Gasteiger partial charge in [0.15, 0.2) is 0 Å². The highest BCUT2D eigenvalue weighted by Gasteiger charge is 2.14. The SMILES string of the molecule is COc1nc(-c2c(Cl)cccc2Cl)cc2c(N)cccc12. The van der Waals surface area contributed by atoms with E-state index in [2.05, 4.69) is 4.98 Å². The van der Waals surface area contributed by atoms with E-state index < -0.39 is 0 Å². The average molecular weight is 319 g/mol. The Morgan fingerprint density at radius 3 is 2.33 bits per heavy atom. The van der Waals surface area contributed by atoms with Crippen LogP contribution in [-0.2, 0) is 0 Å². The minimum absolute atomic E-state index is 0.491. The molecule has 1 heterocycles. The van der Waals surface area contributed by atoms with Gasteiger partial charge >= 0.3 is 0 Å². The molecular weight excluding hydrogens is 307 g/mol. The van der Waals surface area contributed by atoms with Crippen molar-refractivity contribution in [1.29, 1.82) is 0 Å². The van der Waals surface area contributed by atoms with Crippen LogP contribution in [0.25, 0.3) is 22.0 Å². The first-order valence-corrected chi connectivity index (χ1v) is 7.05. The minimum atomic E-state index is 0.491. The minimum Gasteiger partial charge on any atom is -0.481 e. The molecule has 3 aromatic rings. The molecule has 2 N–H and O–H groups in total.